The Morgan fingerprint density at radius 2 is 1.48 bits per heavy atom. The zero-order valence-corrected chi connectivity index (χ0v) is 11.0. The molecular weight excluding hydrogens is 292 g/mol. The van der Waals surface area contributed by atoms with Crippen LogP contribution >= 0.6 is 0 Å². The molecule has 1 rings (SSSR count). The molecule has 0 radical (unpaired) electrons. The summed E-state index contributed by atoms with van der Waals surface area (Å²) < 4.78 is 53.6. The number of hydrogen-bond donors (Lipinski definition) is 2. The average Bonchev–Trinajstić information content (AvgIpc) is 2.47. The first kappa shape index (κ1) is 16.7. The standard InChI is InChI=1S/C13H12F4N2O2/c1-3-7(20)18-4-5-19-13(21)8-11(16)9(14)6(2)10(15)12(8)17/h3H,1,4-5H2,2H3,(H,18,20)(H,19,21). The van der Waals surface area contributed by atoms with Crippen LogP contribution in [0.15, 0.2) is 12.7 Å². The van der Waals surface area contributed by atoms with Crippen molar-refractivity contribution in [1.29, 1.82) is 0 Å². The third kappa shape index (κ3) is 3.59. The molecule has 0 atom stereocenters. The monoisotopic (exact) mass is 304 g/mol. The molecular formula is C13H12F4N2O2. The van der Waals surface area contributed by atoms with Crippen LogP contribution in [0.3, 0.4) is 0 Å². The van der Waals surface area contributed by atoms with Crippen molar-refractivity contribution in [1.82, 2.24) is 10.6 Å². The summed E-state index contributed by atoms with van der Waals surface area (Å²) in [6.07, 6.45) is 0.992. The van der Waals surface area contributed by atoms with Gasteiger partial charge in [0.15, 0.2) is 23.3 Å². The maximum Gasteiger partial charge on any atom is 0.257 e. The lowest BCUT2D eigenvalue weighted by molar-refractivity contribution is -0.116. The van der Waals surface area contributed by atoms with E-state index in [0.717, 1.165) is 13.0 Å². The predicted octanol–water partition coefficient (Wildman–Crippen LogP) is 1.58. The van der Waals surface area contributed by atoms with E-state index in [0.29, 0.717) is 0 Å². The lowest BCUT2D eigenvalue weighted by Gasteiger charge is -2.10. The molecule has 2 N–H and O–H groups in total. The van der Waals surface area contributed by atoms with Crippen LogP contribution in [0.1, 0.15) is 15.9 Å². The van der Waals surface area contributed by atoms with E-state index in [9.17, 15) is 27.2 Å². The van der Waals surface area contributed by atoms with Crippen LogP contribution < -0.4 is 10.6 Å². The number of carbonyl (C=O) groups excluding carboxylic acids is 2. The molecule has 0 spiro atoms. The second kappa shape index (κ2) is 6.87. The second-order valence-corrected chi connectivity index (χ2v) is 4.01. The normalized spacial score (nSPS) is 10.1. The molecule has 0 aliphatic carbocycles. The summed E-state index contributed by atoms with van der Waals surface area (Å²) >= 11 is 0. The summed E-state index contributed by atoms with van der Waals surface area (Å²) in [5, 5.41) is 4.33. The first-order valence-corrected chi connectivity index (χ1v) is 5.82. The molecule has 0 aromatic heterocycles. The van der Waals surface area contributed by atoms with Gasteiger partial charge in [0, 0.05) is 18.7 Å². The Hall–Kier alpha value is -2.38. The lowest BCUT2D eigenvalue weighted by atomic mass is 10.1. The van der Waals surface area contributed by atoms with Gasteiger partial charge in [-0.05, 0) is 13.0 Å². The maximum atomic E-state index is 13.5. The number of nitrogens with one attached hydrogen (secondary N) is 2. The van der Waals surface area contributed by atoms with Crippen molar-refractivity contribution in [2.75, 3.05) is 13.1 Å². The molecule has 0 heterocycles. The van der Waals surface area contributed by atoms with Gasteiger partial charge in [-0.3, -0.25) is 9.59 Å². The minimum Gasteiger partial charge on any atom is -0.351 e. The molecule has 0 saturated carbocycles. The van der Waals surface area contributed by atoms with Crippen molar-refractivity contribution in [3.05, 3.63) is 47.1 Å². The van der Waals surface area contributed by atoms with Gasteiger partial charge in [0.25, 0.3) is 5.91 Å². The van der Waals surface area contributed by atoms with E-state index in [1.54, 1.807) is 0 Å². The number of benzene rings is 1. The van der Waals surface area contributed by atoms with Crippen LogP contribution in [0.25, 0.3) is 0 Å². The van der Waals surface area contributed by atoms with Gasteiger partial charge in [-0.15, -0.1) is 0 Å². The van der Waals surface area contributed by atoms with Crippen molar-refractivity contribution < 1.29 is 27.2 Å². The first-order valence-electron chi connectivity index (χ1n) is 5.82. The van der Waals surface area contributed by atoms with Gasteiger partial charge in [0.1, 0.15) is 5.56 Å². The van der Waals surface area contributed by atoms with E-state index >= 15 is 0 Å². The molecule has 8 heteroatoms. The van der Waals surface area contributed by atoms with Crippen LogP contribution in [0.2, 0.25) is 0 Å². The zero-order valence-electron chi connectivity index (χ0n) is 11.0. The van der Waals surface area contributed by atoms with E-state index in [2.05, 4.69) is 11.9 Å². The van der Waals surface area contributed by atoms with Crippen LogP contribution in [0.4, 0.5) is 17.6 Å². The van der Waals surface area contributed by atoms with E-state index in [4.69, 9.17) is 0 Å². The minimum absolute atomic E-state index is 0.0450. The van der Waals surface area contributed by atoms with Crippen molar-refractivity contribution in [2.45, 2.75) is 6.92 Å². The molecule has 0 fully saturated rings. The molecule has 21 heavy (non-hydrogen) atoms. The van der Waals surface area contributed by atoms with Gasteiger partial charge in [-0.1, -0.05) is 6.58 Å². The van der Waals surface area contributed by atoms with Crippen molar-refractivity contribution in [2.24, 2.45) is 0 Å². The highest BCUT2D eigenvalue weighted by atomic mass is 19.2. The van der Waals surface area contributed by atoms with Gasteiger partial charge in [0.2, 0.25) is 5.91 Å². The summed E-state index contributed by atoms with van der Waals surface area (Å²) in [5.74, 6) is -8.61. The van der Waals surface area contributed by atoms with E-state index in [1.165, 1.54) is 0 Å². The number of amides is 2. The quantitative estimate of drug-likeness (QED) is 0.375. The van der Waals surface area contributed by atoms with Gasteiger partial charge < -0.3 is 10.6 Å². The highest BCUT2D eigenvalue weighted by Gasteiger charge is 2.27. The topological polar surface area (TPSA) is 58.2 Å². The molecule has 0 bridgehead atoms. The fraction of sp³-hybridized carbons (Fsp3) is 0.231. The Morgan fingerprint density at radius 1 is 1.00 bits per heavy atom. The summed E-state index contributed by atoms with van der Waals surface area (Å²) in [5.41, 5.74) is -2.19. The molecule has 2 amide bonds. The van der Waals surface area contributed by atoms with Crippen LogP contribution in [0.5, 0.6) is 0 Å². The molecule has 0 aliphatic heterocycles. The number of rotatable bonds is 5. The highest BCUT2D eigenvalue weighted by Crippen LogP contribution is 2.23. The zero-order chi connectivity index (χ0) is 16.2. The Labute approximate surface area is 117 Å². The largest absolute Gasteiger partial charge is 0.351 e. The molecule has 1 aromatic carbocycles. The van der Waals surface area contributed by atoms with Gasteiger partial charge in [-0.2, -0.15) is 0 Å². The van der Waals surface area contributed by atoms with Crippen molar-refractivity contribution in [3.63, 3.8) is 0 Å². The third-order valence-corrected chi connectivity index (χ3v) is 2.61. The summed E-state index contributed by atoms with van der Waals surface area (Å²) in [6, 6.07) is 0. The third-order valence-electron chi connectivity index (χ3n) is 2.61. The second-order valence-electron chi connectivity index (χ2n) is 4.01. The van der Waals surface area contributed by atoms with Crippen LogP contribution in [-0.4, -0.2) is 24.9 Å². The molecule has 1 aromatic rings. The van der Waals surface area contributed by atoms with Crippen LogP contribution in [0, 0.1) is 30.2 Å². The highest BCUT2D eigenvalue weighted by molar-refractivity contribution is 5.95. The van der Waals surface area contributed by atoms with Gasteiger partial charge >= 0.3 is 0 Å². The Morgan fingerprint density at radius 3 is 1.95 bits per heavy atom. The van der Waals surface area contributed by atoms with E-state index in [-0.39, 0.29) is 13.1 Å². The van der Waals surface area contributed by atoms with E-state index < -0.39 is 46.2 Å². The Kier molecular flexibility index (Phi) is 5.45. The SMILES string of the molecule is C=CC(=O)NCCNC(=O)c1c(F)c(F)c(C)c(F)c1F. The lowest BCUT2D eigenvalue weighted by Crippen LogP contribution is -2.35. The number of halogens is 4. The van der Waals surface area contributed by atoms with E-state index in [1.807, 2.05) is 5.32 Å². The number of carbonyl (C=O) groups is 2. The molecule has 0 unspecified atom stereocenters. The summed E-state index contributed by atoms with van der Waals surface area (Å²) in [6.45, 7) is 3.81. The molecule has 4 nitrogen and oxygen atoms in total. The minimum atomic E-state index is -1.76. The fourth-order valence-corrected chi connectivity index (χ4v) is 1.46. The molecule has 0 aliphatic rings. The summed E-state index contributed by atoms with van der Waals surface area (Å²) in [4.78, 5) is 22.4. The Balaban J connectivity index is 2.84. The van der Waals surface area contributed by atoms with Crippen molar-refractivity contribution >= 4 is 11.8 Å². The summed E-state index contributed by atoms with van der Waals surface area (Å²) in [7, 11) is 0. The van der Waals surface area contributed by atoms with Crippen LogP contribution in [-0.2, 0) is 4.79 Å². The molecule has 114 valence electrons. The molecule has 0 saturated heterocycles. The van der Waals surface area contributed by atoms with Gasteiger partial charge in [-0.25, -0.2) is 17.6 Å². The smallest absolute Gasteiger partial charge is 0.257 e. The average molecular weight is 304 g/mol. The first-order chi connectivity index (χ1) is 9.81. The Bertz CT molecular complexity index is 573. The predicted molar refractivity (Wildman–Crippen MR) is 66.6 cm³/mol. The number of hydrogen-bond acceptors (Lipinski definition) is 2. The van der Waals surface area contributed by atoms with Crippen molar-refractivity contribution in [3.8, 4) is 0 Å². The maximum absolute atomic E-state index is 13.5. The fourth-order valence-electron chi connectivity index (χ4n) is 1.46. The van der Waals surface area contributed by atoms with Gasteiger partial charge in [0.05, 0.1) is 0 Å².